The number of carbonyl (C=O) groups excluding carboxylic acids is 1. The van der Waals surface area contributed by atoms with Gasteiger partial charge in [0.25, 0.3) is 5.91 Å². The van der Waals surface area contributed by atoms with E-state index in [1.54, 1.807) is 35.2 Å². The van der Waals surface area contributed by atoms with Gasteiger partial charge in [0.1, 0.15) is 11.4 Å². The second kappa shape index (κ2) is 8.09. The summed E-state index contributed by atoms with van der Waals surface area (Å²) in [4.78, 5) is 20.3. The molecule has 0 N–H and O–H groups in total. The van der Waals surface area contributed by atoms with Gasteiger partial charge in [0.2, 0.25) is 0 Å². The van der Waals surface area contributed by atoms with E-state index < -0.39 is 5.54 Å². The smallest absolute Gasteiger partial charge is 0.259 e. The normalized spacial score (nSPS) is 16.9. The Kier molecular flexibility index (Phi) is 5.47. The minimum atomic E-state index is -0.780. The quantitative estimate of drug-likeness (QED) is 0.351. The number of carbonyl (C=O) groups is 1. The number of nitrogens with zero attached hydrogens (tertiary/aromatic N) is 4. The molecule has 0 aromatic heterocycles. The minimum Gasteiger partial charge on any atom is -0.303 e. The fraction of sp³-hybridized carbons (Fsp3) is 0.333. The van der Waals surface area contributed by atoms with Gasteiger partial charge in [0, 0.05) is 17.8 Å². The number of hydrogen-bond donors (Lipinski definition) is 0. The molecule has 4 rings (SSSR count). The molecule has 0 unspecified atom stereocenters. The fourth-order valence-electron chi connectivity index (χ4n) is 4.35. The molecule has 31 heavy (non-hydrogen) atoms. The van der Waals surface area contributed by atoms with Crippen LogP contribution in [0.15, 0.2) is 36.4 Å². The maximum atomic E-state index is 14.8. The van der Waals surface area contributed by atoms with E-state index in [4.69, 9.17) is 24.1 Å². The third-order valence-electron chi connectivity index (χ3n) is 6.18. The molecule has 1 saturated carbocycles. The number of amides is 1. The highest BCUT2D eigenvalue weighted by molar-refractivity contribution is 7.81. The molecule has 0 radical (unpaired) electrons. The molecule has 1 aliphatic carbocycles. The summed E-state index contributed by atoms with van der Waals surface area (Å²) >= 11 is 5.73. The first kappa shape index (κ1) is 21.0. The molecule has 2 aromatic carbocycles. The SMILES string of the molecule is [C-]#[N+]c1ccc(N2C(=O)C3(CCC3)N(c3ccc(CCCC#N)c(F)c3)C2=S)cc1C. The van der Waals surface area contributed by atoms with E-state index in [1.165, 1.54) is 11.0 Å². The number of hydrogen-bond acceptors (Lipinski definition) is 3. The molecule has 2 aromatic rings. The van der Waals surface area contributed by atoms with Gasteiger partial charge in [-0.25, -0.2) is 9.24 Å². The summed E-state index contributed by atoms with van der Waals surface area (Å²) in [5.74, 6) is -0.451. The molecular formula is C24H21FN4OS. The van der Waals surface area contributed by atoms with Crippen LogP contribution < -0.4 is 9.80 Å². The van der Waals surface area contributed by atoms with Crippen LogP contribution in [0.2, 0.25) is 0 Å². The Labute approximate surface area is 186 Å². The van der Waals surface area contributed by atoms with E-state index in [9.17, 15) is 9.18 Å². The molecule has 1 spiro atoms. The van der Waals surface area contributed by atoms with Gasteiger partial charge >= 0.3 is 0 Å². The molecule has 1 heterocycles. The van der Waals surface area contributed by atoms with Gasteiger partial charge in [0.05, 0.1) is 12.6 Å². The molecule has 7 heteroatoms. The summed E-state index contributed by atoms with van der Waals surface area (Å²) < 4.78 is 14.8. The number of halogens is 1. The molecule has 2 aliphatic rings. The van der Waals surface area contributed by atoms with Crippen molar-refractivity contribution in [2.45, 2.75) is 51.0 Å². The molecule has 0 bridgehead atoms. The highest BCUT2D eigenvalue weighted by Gasteiger charge is 2.59. The highest BCUT2D eigenvalue weighted by atomic mass is 32.1. The van der Waals surface area contributed by atoms with Crippen molar-refractivity contribution in [3.8, 4) is 6.07 Å². The monoisotopic (exact) mass is 432 g/mol. The van der Waals surface area contributed by atoms with Crippen LogP contribution in [0, 0.1) is 30.6 Å². The second-order valence-corrected chi connectivity index (χ2v) is 8.38. The Balaban J connectivity index is 1.70. The van der Waals surface area contributed by atoms with Gasteiger partial charge in [-0.3, -0.25) is 9.69 Å². The van der Waals surface area contributed by atoms with E-state index in [0.29, 0.717) is 59.8 Å². The lowest BCUT2D eigenvalue weighted by Gasteiger charge is -2.43. The summed E-state index contributed by atoms with van der Waals surface area (Å²) in [7, 11) is 0. The molecule has 1 aliphatic heterocycles. The van der Waals surface area contributed by atoms with E-state index in [1.807, 2.05) is 6.92 Å². The Morgan fingerprint density at radius 2 is 2.00 bits per heavy atom. The molecule has 156 valence electrons. The zero-order valence-electron chi connectivity index (χ0n) is 17.2. The van der Waals surface area contributed by atoms with Gasteiger partial charge in [-0.1, -0.05) is 12.1 Å². The first-order valence-electron chi connectivity index (χ1n) is 10.2. The maximum absolute atomic E-state index is 14.8. The van der Waals surface area contributed by atoms with Crippen molar-refractivity contribution in [2.75, 3.05) is 9.80 Å². The Bertz CT molecular complexity index is 1160. The van der Waals surface area contributed by atoms with E-state index >= 15 is 0 Å². The average molecular weight is 433 g/mol. The second-order valence-electron chi connectivity index (χ2n) is 8.01. The lowest BCUT2D eigenvalue weighted by molar-refractivity contribution is -0.123. The summed E-state index contributed by atoms with van der Waals surface area (Å²) in [6.07, 6.45) is 3.71. The van der Waals surface area contributed by atoms with Crippen molar-refractivity contribution in [3.05, 3.63) is 64.8 Å². The fourth-order valence-corrected chi connectivity index (χ4v) is 4.82. The van der Waals surface area contributed by atoms with E-state index in [0.717, 1.165) is 12.0 Å². The van der Waals surface area contributed by atoms with E-state index in [2.05, 4.69) is 10.9 Å². The van der Waals surface area contributed by atoms with Crippen molar-refractivity contribution in [2.24, 2.45) is 0 Å². The van der Waals surface area contributed by atoms with Crippen LogP contribution >= 0.6 is 12.2 Å². The summed E-state index contributed by atoms with van der Waals surface area (Å²) in [5, 5.41) is 9.03. The molecular weight excluding hydrogens is 411 g/mol. The topological polar surface area (TPSA) is 51.7 Å². The van der Waals surface area contributed by atoms with Crippen LogP contribution in [0.1, 0.15) is 43.2 Å². The summed E-state index contributed by atoms with van der Waals surface area (Å²) in [6, 6.07) is 12.3. The molecule has 5 nitrogen and oxygen atoms in total. The molecule has 1 saturated heterocycles. The standard InChI is InChI=1S/C24H21FN4OS/c1-16-14-18(9-10-21(16)27-2)28-22(30)24(11-5-12-24)29(23(28)31)19-8-7-17(20(25)15-19)6-3-4-13-26/h7-10,14-15H,3-6,11-12H2,1H3. The number of aryl methyl sites for hydroxylation is 2. The van der Waals surface area contributed by atoms with E-state index in [-0.39, 0.29) is 11.7 Å². The van der Waals surface area contributed by atoms with Crippen LogP contribution in [0.4, 0.5) is 21.5 Å². The van der Waals surface area contributed by atoms with Crippen molar-refractivity contribution < 1.29 is 9.18 Å². The average Bonchev–Trinajstić information content (AvgIpc) is 2.96. The zero-order chi connectivity index (χ0) is 22.2. The first-order chi connectivity index (χ1) is 14.9. The highest BCUT2D eigenvalue weighted by Crippen LogP contribution is 2.48. The van der Waals surface area contributed by atoms with Gasteiger partial charge in [0.15, 0.2) is 10.8 Å². The lowest BCUT2D eigenvalue weighted by atomic mass is 9.75. The Hall–Kier alpha value is -3.29. The van der Waals surface area contributed by atoms with Crippen LogP contribution in [0.5, 0.6) is 0 Å². The molecule has 0 atom stereocenters. The van der Waals surface area contributed by atoms with Crippen LogP contribution in [0.3, 0.4) is 0 Å². The van der Waals surface area contributed by atoms with Gasteiger partial charge < -0.3 is 4.90 Å². The number of unbranched alkanes of at least 4 members (excludes halogenated alkanes) is 1. The van der Waals surface area contributed by atoms with Crippen molar-refractivity contribution in [3.63, 3.8) is 0 Å². The Morgan fingerprint density at radius 3 is 2.58 bits per heavy atom. The van der Waals surface area contributed by atoms with Gasteiger partial charge in [-0.2, -0.15) is 5.26 Å². The first-order valence-corrected chi connectivity index (χ1v) is 10.7. The maximum Gasteiger partial charge on any atom is 0.259 e. The zero-order valence-corrected chi connectivity index (χ0v) is 18.0. The predicted molar refractivity (Wildman–Crippen MR) is 122 cm³/mol. The number of rotatable bonds is 5. The van der Waals surface area contributed by atoms with Crippen LogP contribution in [-0.2, 0) is 11.2 Å². The number of benzene rings is 2. The number of anilines is 2. The minimum absolute atomic E-state index is 0.0998. The van der Waals surface area contributed by atoms with Crippen molar-refractivity contribution >= 4 is 40.3 Å². The third kappa shape index (κ3) is 3.36. The summed E-state index contributed by atoms with van der Waals surface area (Å²) in [6.45, 7) is 9.07. The molecule has 1 amide bonds. The van der Waals surface area contributed by atoms with Crippen molar-refractivity contribution in [1.82, 2.24) is 0 Å². The lowest BCUT2D eigenvalue weighted by Crippen LogP contribution is -2.55. The Morgan fingerprint density at radius 1 is 1.26 bits per heavy atom. The number of nitriles is 1. The van der Waals surface area contributed by atoms with Gasteiger partial charge in [-0.05, 0) is 86.6 Å². The third-order valence-corrected chi connectivity index (χ3v) is 6.55. The summed E-state index contributed by atoms with van der Waals surface area (Å²) in [5.41, 5.74) is 2.28. The van der Waals surface area contributed by atoms with Crippen LogP contribution in [0.25, 0.3) is 4.85 Å². The number of thiocarbonyl (C=S) groups is 1. The van der Waals surface area contributed by atoms with Crippen LogP contribution in [-0.4, -0.2) is 16.6 Å². The largest absolute Gasteiger partial charge is 0.303 e. The predicted octanol–water partition coefficient (Wildman–Crippen LogP) is 5.59. The van der Waals surface area contributed by atoms with Crippen molar-refractivity contribution in [1.29, 1.82) is 5.26 Å². The molecule has 2 fully saturated rings. The van der Waals surface area contributed by atoms with Gasteiger partial charge in [-0.15, -0.1) is 0 Å².